The normalized spacial score (nSPS) is 11.7. The van der Waals surface area contributed by atoms with Crippen LogP contribution in [0.4, 0.5) is 0 Å². The Kier molecular flexibility index (Phi) is 6.80. The average Bonchev–Trinajstić information content (AvgIpc) is 2.35. The van der Waals surface area contributed by atoms with E-state index in [1.54, 1.807) is 7.05 Å². The number of nitrogens with zero attached hydrogens (tertiary/aromatic N) is 1. The van der Waals surface area contributed by atoms with E-state index in [9.17, 15) is 0 Å². The lowest BCUT2D eigenvalue weighted by molar-refractivity contribution is 0.573. The fraction of sp³-hybridized carbons (Fsp3) is 0.500. The molecule has 0 aromatic heterocycles. The van der Waals surface area contributed by atoms with Gasteiger partial charge in [0.05, 0.1) is 0 Å². The van der Waals surface area contributed by atoms with Gasteiger partial charge in [0.25, 0.3) is 0 Å². The van der Waals surface area contributed by atoms with E-state index in [-0.39, 0.29) is 0 Å². The number of halogens is 1. The van der Waals surface area contributed by atoms with Crippen molar-refractivity contribution in [2.24, 2.45) is 10.9 Å². The summed E-state index contributed by atoms with van der Waals surface area (Å²) in [4.78, 5) is 4.20. The molecule has 0 bridgehead atoms. The molecule has 100 valence electrons. The molecule has 0 spiro atoms. The zero-order valence-electron chi connectivity index (χ0n) is 11.3. The second kappa shape index (κ2) is 8.14. The molecule has 3 nitrogen and oxygen atoms in total. The Morgan fingerprint density at radius 1 is 1.22 bits per heavy atom. The van der Waals surface area contributed by atoms with Gasteiger partial charge in [0, 0.05) is 24.6 Å². The predicted octanol–water partition coefficient (Wildman–Crippen LogP) is 3.16. The molecule has 2 N–H and O–H groups in total. The molecule has 4 heteroatoms. The van der Waals surface area contributed by atoms with Crippen LogP contribution >= 0.6 is 15.9 Å². The number of hydrogen-bond acceptors (Lipinski definition) is 1. The maximum atomic E-state index is 4.20. The third kappa shape index (κ3) is 6.05. The van der Waals surface area contributed by atoms with E-state index >= 15 is 0 Å². The minimum absolute atomic E-state index is 0.710. The summed E-state index contributed by atoms with van der Waals surface area (Å²) in [5.41, 5.74) is 1.24. The van der Waals surface area contributed by atoms with Crippen molar-refractivity contribution < 1.29 is 0 Å². The fourth-order valence-electron chi connectivity index (χ4n) is 1.49. The van der Waals surface area contributed by atoms with Gasteiger partial charge in [0.2, 0.25) is 0 Å². The van der Waals surface area contributed by atoms with Crippen LogP contribution in [-0.2, 0) is 6.54 Å². The van der Waals surface area contributed by atoms with Gasteiger partial charge < -0.3 is 10.6 Å². The first-order chi connectivity index (χ1) is 8.61. The Balaban J connectivity index is 2.33. The van der Waals surface area contributed by atoms with Crippen molar-refractivity contribution in [2.45, 2.75) is 26.8 Å². The summed E-state index contributed by atoms with van der Waals surface area (Å²) in [6, 6.07) is 8.29. The van der Waals surface area contributed by atoms with Crippen LogP contribution in [0.25, 0.3) is 0 Å². The first-order valence-electron chi connectivity index (χ1n) is 6.30. The van der Waals surface area contributed by atoms with Crippen molar-refractivity contribution in [1.29, 1.82) is 0 Å². The summed E-state index contributed by atoms with van der Waals surface area (Å²) in [6.45, 7) is 6.19. The minimum Gasteiger partial charge on any atom is -0.356 e. The number of guanidine groups is 1. The number of benzene rings is 1. The third-order valence-electron chi connectivity index (χ3n) is 2.61. The second-order valence-electron chi connectivity index (χ2n) is 4.66. The number of nitrogens with one attached hydrogen (secondary N) is 2. The fourth-order valence-corrected chi connectivity index (χ4v) is 1.75. The Morgan fingerprint density at radius 2 is 1.89 bits per heavy atom. The summed E-state index contributed by atoms with van der Waals surface area (Å²) in [5, 5.41) is 6.61. The third-order valence-corrected chi connectivity index (χ3v) is 3.14. The number of hydrogen-bond donors (Lipinski definition) is 2. The van der Waals surface area contributed by atoms with Crippen molar-refractivity contribution in [3.8, 4) is 0 Å². The Hall–Kier alpha value is -1.03. The molecule has 0 aliphatic rings. The van der Waals surface area contributed by atoms with Gasteiger partial charge in [-0.25, -0.2) is 0 Å². The standard InChI is InChI=1S/C14H22BrN3/c1-11(2)8-9-17-14(16-3)18-10-12-4-6-13(15)7-5-12/h4-7,11H,8-10H2,1-3H3,(H2,16,17,18). The van der Waals surface area contributed by atoms with Crippen LogP contribution in [0.1, 0.15) is 25.8 Å². The molecule has 0 saturated carbocycles. The van der Waals surface area contributed by atoms with Gasteiger partial charge in [-0.05, 0) is 30.0 Å². The molecular formula is C14H22BrN3. The van der Waals surface area contributed by atoms with E-state index in [0.717, 1.165) is 29.9 Å². The highest BCUT2D eigenvalue weighted by molar-refractivity contribution is 9.10. The van der Waals surface area contributed by atoms with Crippen molar-refractivity contribution in [1.82, 2.24) is 10.6 Å². The molecule has 0 unspecified atom stereocenters. The van der Waals surface area contributed by atoms with Crippen LogP contribution < -0.4 is 10.6 Å². The van der Waals surface area contributed by atoms with Crippen LogP contribution in [0.5, 0.6) is 0 Å². The molecule has 0 heterocycles. The lowest BCUT2D eigenvalue weighted by Gasteiger charge is -2.12. The van der Waals surface area contributed by atoms with E-state index < -0.39 is 0 Å². The van der Waals surface area contributed by atoms with Gasteiger partial charge in [-0.1, -0.05) is 41.9 Å². The zero-order valence-corrected chi connectivity index (χ0v) is 12.9. The van der Waals surface area contributed by atoms with Gasteiger partial charge in [-0.3, -0.25) is 4.99 Å². The van der Waals surface area contributed by atoms with Crippen molar-refractivity contribution in [3.05, 3.63) is 34.3 Å². The second-order valence-corrected chi connectivity index (χ2v) is 5.58. The van der Waals surface area contributed by atoms with Gasteiger partial charge in [0.15, 0.2) is 5.96 Å². The molecule has 0 fully saturated rings. The van der Waals surface area contributed by atoms with Crippen LogP contribution in [0, 0.1) is 5.92 Å². The van der Waals surface area contributed by atoms with Gasteiger partial charge in [-0.2, -0.15) is 0 Å². The Bertz CT molecular complexity index is 371. The average molecular weight is 312 g/mol. The molecule has 0 amide bonds. The first-order valence-corrected chi connectivity index (χ1v) is 7.10. The van der Waals surface area contributed by atoms with Gasteiger partial charge in [0.1, 0.15) is 0 Å². The van der Waals surface area contributed by atoms with Crippen LogP contribution in [0.15, 0.2) is 33.7 Å². The quantitative estimate of drug-likeness (QED) is 0.647. The Morgan fingerprint density at radius 3 is 2.44 bits per heavy atom. The summed E-state index contributed by atoms with van der Waals surface area (Å²) in [7, 11) is 1.80. The first kappa shape index (κ1) is 15.0. The van der Waals surface area contributed by atoms with Crippen molar-refractivity contribution in [2.75, 3.05) is 13.6 Å². The van der Waals surface area contributed by atoms with Crippen LogP contribution in [0.2, 0.25) is 0 Å². The zero-order chi connectivity index (χ0) is 13.4. The molecule has 0 aliphatic carbocycles. The molecule has 1 aromatic rings. The summed E-state index contributed by atoms with van der Waals surface area (Å²) < 4.78 is 1.10. The van der Waals surface area contributed by atoms with Gasteiger partial charge >= 0.3 is 0 Å². The lowest BCUT2D eigenvalue weighted by atomic mass is 10.1. The Labute approximate surface area is 118 Å². The summed E-state index contributed by atoms with van der Waals surface area (Å²) in [5.74, 6) is 1.57. The highest BCUT2D eigenvalue weighted by Gasteiger charge is 1.99. The highest BCUT2D eigenvalue weighted by atomic mass is 79.9. The maximum absolute atomic E-state index is 4.20. The number of rotatable bonds is 5. The van der Waals surface area contributed by atoms with E-state index in [1.807, 2.05) is 12.1 Å². The van der Waals surface area contributed by atoms with E-state index in [1.165, 1.54) is 5.56 Å². The summed E-state index contributed by atoms with van der Waals surface area (Å²) in [6.07, 6.45) is 1.15. The highest BCUT2D eigenvalue weighted by Crippen LogP contribution is 2.10. The predicted molar refractivity (Wildman–Crippen MR) is 81.8 cm³/mol. The number of aliphatic imine (C=N–C) groups is 1. The summed E-state index contributed by atoms with van der Waals surface area (Å²) >= 11 is 3.43. The molecule has 0 atom stereocenters. The van der Waals surface area contributed by atoms with Crippen LogP contribution in [-0.4, -0.2) is 19.6 Å². The molecule has 18 heavy (non-hydrogen) atoms. The molecule has 1 aromatic carbocycles. The topological polar surface area (TPSA) is 36.4 Å². The molecular weight excluding hydrogens is 290 g/mol. The van der Waals surface area contributed by atoms with Crippen molar-refractivity contribution >= 4 is 21.9 Å². The maximum Gasteiger partial charge on any atom is 0.191 e. The van der Waals surface area contributed by atoms with E-state index in [2.05, 4.69) is 57.5 Å². The van der Waals surface area contributed by atoms with Gasteiger partial charge in [-0.15, -0.1) is 0 Å². The molecule has 0 saturated heterocycles. The van der Waals surface area contributed by atoms with Crippen LogP contribution in [0.3, 0.4) is 0 Å². The lowest BCUT2D eigenvalue weighted by Crippen LogP contribution is -2.37. The molecule has 0 aliphatic heterocycles. The largest absolute Gasteiger partial charge is 0.356 e. The SMILES string of the molecule is CN=C(NCCC(C)C)NCc1ccc(Br)cc1. The minimum atomic E-state index is 0.710. The van der Waals surface area contributed by atoms with E-state index in [4.69, 9.17) is 0 Å². The molecule has 0 radical (unpaired) electrons. The van der Waals surface area contributed by atoms with Crippen molar-refractivity contribution in [3.63, 3.8) is 0 Å². The monoisotopic (exact) mass is 311 g/mol. The van der Waals surface area contributed by atoms with E-state index in [0.29, 0.717) is 5.92 Å². The smallest absolute Gasteiger partial charge is 0.191 e. The molecule has 1 rings (SSSR count).